The molecule has 136 valence electrons. The van der Waals surface area contributed by atoms with Crippen LogP contribution in [0.15, 0.2) is 90.7 Å². The zero-order valence-corrected chi connectivity index (χ0v) is 14.9. The molecule has 4 aromatic rings. The second-order valence-corrected chi connectivity index (χ2v) is 6.40. The van der Waals surface area contributed by atoms with Gasteiger partial charge in [0.15, 0.2) is 0 Å². The van der Waals surface area contributed by atoms with E-state index in [4.69, 9.17) is 0 Å². The first kappa shape index (κ1) is 17.7. The van der Waals surface area contributed by atoms with E-state index in [1.165, 1.54) is 24.3 Å². The first-order valence-corrected chi connectivity index (χ1v) is 8.81. The third kappa shape index (κ3) is 3.57. The molecular formula is C25H16F2O. The van der Waals surface area contributed by atoms with Crippen LogP contribution in [0, 0.1) is 11.6 Å². The van der Waals surface area contributed by atoms with E-state index in [-0.39, 0.29) is 17.4 Å². The highest BCUT2D eigenvalue weighted by Crippen LogP contribution is 2.29. The molecule has 0 saturated heterocycles. The normalized spacial score (nSPS) is 10.5. The van der Waals surface area contributed by atoms with E-state index < -0.39 is 0 Å². The van der Waals surface area contributed by atoms with Gasteiger partial charge in [0.1, 0.15) is 17.4 Å². The standard InChI is InChI=1S/C25H16F2O/c26-20-10-5-18(6-11-20)22(19-7-12-21(27)13-8-19)14-15-24-23-4-2-1-3-17(23)9-16-25(24)28/h1-13,15-16,28H. The zero-order chi connectivity index (χ0) is 19.5. The van der Waals surface area contributed by atoms with Crippen LogP contribution >= 0.6 is 0 Å². The third-order valence-electron chi connectivity index (χ3n) is 4.57. The van der Waals surface area contributed by atoms with Crippen LogP contribution in [0.25, 0.3) is 22.4 Å². The number of fused-ring (bicyclic) bond motifs is 1. The van der Waals surface area contributed by atoms with Gasteiger partial charge in [-0.05, 0) is 58.3 Å². The molecule has 4 rings (SSSR count). The predicted octanol–water partition coefficient (Wildman–Crippen LogP) is 6.57. The van der Waals surface area contributed by atoms with Crippen LogP contribution < -0.4 is 0 Å². The van der Waals surface area contributed by atoms with Crippen molar-refractivity contribution in [2.75, 3.05) is 0 Å². The second kappa shape index (κ2) is 7.51. The molecule has 0 saturated carbocycles. The van der Waals surface area contributed by atoms with E-state index in [0.29, 0.717) is 11.1 Å². The van der Waals surface area contributed by atoms with Crippen molar-refractivity contribution in [2.24, 2.45) is 0 Å². The minimum Gasteiger partial charge on any atom is -0.507 e. The first-order chi connectivity index (χ1) is 13.6. The predicted molar refractivity (Wildman–Crippen MR) is 109 cm³/mol. The Morgan fingerprint density at radius 1 is 0.714 bits per heavy atom. The number of hydrogen-bond donors (Lipinski definition) is 1. The molecule has 0 atom stereocenters. The molecule has 0 fully saturated rings. The number of rotatable bonds is 3. The van der Waals surface area contributed by atoms with Crippen molar-refractivity contribution < 1.29 is 13.9 Å². The van der Waals surface area contributed by atoms with Crippen molar-refractivity contribution in [2.45, 2.75) is 0 Å². The minimum absolute atomic E-state index is 0.142. The van der Waals surface area contributed by atoms with E-state index in [1.54, 1.807) is 36.4 Å². The summed E-state index contributed by atoms with van der Waals surface area (Å²) in [6.45, 7) is 0. The van der Waals surface area contributed by atoms with E-state index in [2.05, 4.69) is 5.73 Å². The lowest BCUT2D eigenvalue weighted by atomic mass is 9.97. The number of hydrogen-bond acceptors (Lipinski definition) is 1. The Bertz CT molecular complexity index is 1150. The largest absolute Gasteiger partial charge is 0.507 e. The van der Waals surface area contributed by atoms with Gasteiger partial charge in [0, 0.05) is 11.1 Å². The van der Waals surface area contributed by atoms with Gasteiger partial charge < -0.3 is 5.11 Å². The lowest BCUT2D eigenvalue weighted by molar-refractivity contribution is 0.475. The maximum absolute atomic E-state index is 13.4. The van der Waals surface area contributed by atoms with E-state index in [9.17, 15) is 13.9 Å². The first-order valence-electron chi connectivity index (χ1n) is 8.81. The van der Waals surface area contributed by atoms with Crippen LogP contribution in [-0.2, 0) is 0 Å². The maximum atomic E-state index is 13.4. The van der Waals surface area contributed by atoms with Crippen LogP contribution in [0.1, 0.15) is 16.7 Å². The zero-order valence-electron chi connectivity index (χ0n) is 14.9. The Balaban J connectivity index is 1.94. The molecule has 0 aliphatic rings. The van der Waals surface area contributed by atoms with Crippen molar-refractivity contribution in [1.82, 2.24) is 0 Å². The molecular weight excluding hydrogens is 354 g/mol. The van der Waals surface area contributed by atoms with Gasteiger partial charge in [0.2, 0.25) is 0 Å². The monoisotopic (exact) mass is 370 g/mol. The highest BCUT2D eigenvalue weighted by atomic mass is 19.1. The summed E-state index contributed by atoms with van der Waals surface area (Å²) < 4.78 is 26.7. The molecule has 0 aliphatic heterocycles. The Morgan fingerprint density at radius 3 is 1.89 bits per heavy atom. The van der Waals surface area contributed by atoms with Crippen LogP contribution in [0.2, 0.25) is 0 Å². The summed E-state index contributed by atoms with van der Waals surface area (Å²) in [5.41, 5.74) is 6.02. The summed E-state index contributed by atoms with van der Waals surface area (Å²) in [6, 6.07) is 23.3. The van der Waals surface area contributed by atoms with Gasteiger partial charge in [-0.2, -0.15) is 0 Å². The Hall–Kier alpha value is -3.68. The summed E-state index contributed by atoms with van der Waals surface area (Å²) in [5, 5.41) is 12.3. The summed E-state index contributed by atoms with van der Waals surface area (Å²) in [4.78, 5) is 0. The van der Waals surface area contributed by atoms with Crippen molar-refractivity contribution in [3.63, 3.8) is 0 Å². The molecule has 3 heteroatoms. The van der Waals surface area contributed by atoms with Gasteiger partial charge in [-0.25, -0.2) is 8.78 Å². The van der Waals surface area contributed by atoms with Crippen LogP contribution in [0.5, 0.6) is 5.75 Å². The summed E-state index contributed by atoms with van der Waals surface area (Å²) in [6.07, 6.45) is 1.71. The van der Waals surface area contributed by atoms with Crippen molar-refractivity contribution in [1.29, 1.82) is 0 Å². The molecule has 0 heterocycles. The highest BCUT2D eigenvalue weighted by molar-refractivity contribution is 5.94. The molecule has 0 bridgehead atoms. The molecule has 0 unspecified atom stereocenters. The molecule has 0 spiro atoms. The van der Waals surface area contributed by atoms with Gasteiger partial charge in [-0.3, -0.25) is 0 Å². The average molecular weight is 370 g/mol. The Kier molecular flexibility index (Phi) is 4.76. The minimum atomic E-state index is -0.335. The Morgan fingerprint density at radius 2 is 1.29 bits per heavy atom. The molecule has 0 radical (unpaired) electrons. The lowest BCUT2D eigenvalue weighted by Gasteiger charge is -2.07. The summed E-state index contributed by atoms with van der Waals surface area (Å²) in [5.74, 6) is -0.528. The average Bonchev–Trinajstić information content (AvgIpc) is 2.72. The Labute approximate surface area is 161 Å². The lowest BCUT2D eigenvalue weighted by Crippen LogP contribution is -1.88. The fraction of sp³-hybridized carbons (Fsp3) is 0. The summed E-state index contributed by atoms with van der Waals surface area (Å²) >= 11 is 0. The fourth-order valence-corrected chi connectivity index (χ4v) is 3.15. The van der Waals surface area contributed by atoms with Gasteiger partial charge in [-0.1, -0.05) is 54.6 Å². The SMILES string of the molecule is Oc1ccc2ccccc2c1C=C=C(c1ccc(F)cc1)c1ccc(F)cc1. The second-order valence-electron chi connectivity index (χ2n) is 6.40. The third-order valence-corrected chi connectivity index (χ3v) is 4.57. The molecule has 4 aromatic carbocycles. The van der Waals surface area contributed by atoms with E-state index >= 15 is 0 Å². The van der Waals surface area contributed by atoms with Gasteiger partial charge in [-0.15, -0.1) is 5.73 Å². The van der Waals surface area contributed by atoms with Crippen LogP contribution in [0.3, 0.4) is 0 Å². The van der Waals surface area contributed by atoms with Gasteiger partial charge in [0.25, 0.3) is 0 Å². The number of benzene rings is 4. The van der Waals surface area contributed by atoms with E-state index in [0.717, 1.165) is 21.9 Å². The molecule has 28 heavy (non-hydrogen) atoms. The van der Waals surface area contributed by atoms with E-state index in [1.807, 2.05) is 30.3 Å². The summed E-state index contributed by atoms with van der Waals surface area (Å²) in [7, 11) is 0. The maximum Gasteiger partial charge on any atom is 0.124 e. The van der Waals surface area contributed by atoms with Crippen molar-refractivity contribution in [3.8, 4) is 5.75 Å². The topological polar surface area (TPSA) is 20.2 Å². The number of phenolic OH excluding ortho intramolecular Hbond substituents is 1. The van der Waals surface area contributed by atoms with Crippen LogP contribution in [-0.4, -0.2) is 5.11 Å². The molecule has 0 amide bonds. The highest BCUT2D eigenvalue weighted by Gasteiger charge is 2.07. The number of phenols is 1. The number of aromatic hydroxyl groups is 1. The number of halogens is 2. The van der Waals surface area contributed by atoms with Gasteiger partial charge in [0.05, 0.1) is 0 Å². The quantitative estimate of drug-likeness (QED) is 0.405. The van der Waals surface area contributed by atoms with Crippen molar-refractivity contribution >= 4 is 22.4 Å². The van der Waals surface area contributed by atoms with Gasteiger partial charge >= 0.3 is 0 Å². The molecule has 1 nitrogen and oxygen atoms in total. The smallest absolute Gasteiger partial charge is 0.124 e. The molecule has 0 aromatic heterocycles. The van der Waals surface area contributed by atoms with Crippen molar-refractivity contribution in [3.05, 3.63) is 119 Å². The molecule has 0 aliphatic carbocycles. The van der Waals surface area contributed by atoms with Crippen LogP contribution in [0.4, 0.5) is 8.78 Å². The molecule has 1 N–H and O–H groups in total. The fourth-order valence-electron chi connectivity index (χ4n) is 3.15.